The van der Waals surface area contributed by atoms with E-state index in [-0.39, 0.29) is 12.5 Å². The molecule has 1 aliphatic heterocycles. The number of hydrogen-bond donors (Lipinski definition) is 2. The molecule has 0 aromatic rings. The van der Waals surface area contributed by atoms with Crippen molar-refractivity contribution >= 4 is 18.0 Å². The topological polar surface area (TPSA) is 95.9 Å². The lowest BCUT2D eigenvalue weighted by Gasteiger charge is -2.33. The number of amides is 2. The largest absolute Gasteiger partial charge is 0.480 e. The molecule has 1 rings (SSSR count). The summed E-state index contributed by atoms with van der Waals surface area (Å²) in [7, 11) is 0. The highest BCUT2D eigenvalue weighted by molar-refractivity contribution is 5.85. The molecule has 0 aromatic heterocycles. The maximum absolute atomic E-state index is 12.4. The quantitative estimate of drug-likeness (QED) is 0.773. The molecule has 2 amide bonds. The number of aliphatic carboxylic acids is 1. The second-order valence-electron chi connectivity index (χ2n) is 7.31. The van der Waals surface area contributed by atoms with E-state index in [0.29, 0.717) is 25.8 Å². The van der Waals surface area contributed by atoms with Crippen LogP contribution in [0.1, 0.15) is 59.8 Å². The monoisotopic (exact) mass is 342 g/mol. The fraction of sp³-hybridized carbons (Fsp3) is 0.824. The molecule has 0 bridgehead atoms. The predicted molar refractivity (Wildman–Crippen MR) is 89.6 cm³/mol. The van der Waals surface area contributed by atoms with E-state index >= 15 is 0 Å². The second kappa shape index (κ2) is 8.89. The van der Waals surface area contributed by atoms with Crippen molar-refractivity contribution in [2.45, 2.75) is 71.4 Å². The highest BCUT2D eigenvalue weighted by Gasteiger charge is 2.32. The van der Waals surface area contributed by atoms with Gasteiger partial charge in [0.2, 0.25) is 5.91 Å². The van der Waals surface area contributed by atoms with Gasteiger partial charge >= 0.3 is 12.1 Å². The van der Waals surface area contributed by atoms with Gasteiger partial charge in [0.25, 0.3) is 0 Å². The lowest BCUT2D eigenvalue weighted by Crippen LogP contribution is -2.50. The van der Waals surface area contributed by atoms with Crippen LogP contribution in [0.4, 0.5) is 4.79 Å². The molecular weight excluding hydrogens is 312 g/mol. The molecule has 0 spiro atoms. The summed E-state index contributed by atoms with van der Waals surface area (Å²) < 4.78 is 5.34. The van der Waals surface area contributed by atoms with Crippen LogP contribution in [0.15, 0.2) is 0 Å². The minimum absolute atomic E-state index is 0.265. The number of carbonyl (C=O) groups excluding carboxylic acids is 2. The van der Waals surface area contributed by atoms with E-state index in [0.717, 1.165) is 12.8 Å². The number of ether oxygens (including phenoxy) is 1. The number of unbranched alkanes of at least 4 members (excludes halogenated alkanes) is 1. The summed E-state index contributed by atoms with van der Waals surface area (Å²) >= 11 is 0. The molecule has 2 atom stereocenters. The van der Waals surface area contributed by atoms with Crippen LogP contribution in [-0.4, -0.2) is 52.7 Å². The number of rotatable bonds is 6. The maximum Gasteiger partial charge on any atom is 0.410 e. The van der Waals surface area contributed by atoms with Crippen LogP contribution in [-0.2, 0) is 14.3 Å². The van der Waals surface area contributed by atoms with Gasteiger partial charge in [-0.3, -0.25) is 4.79 Å². The van der Waals surface area contributed by atoms with Crippen LogP contribution in [0.5, 0.6) is 0 Å². The molecule has 0 radical (unpaired) electrons. The maximum atomic E-state index is 12.4. The van der Waals surface area contributed by atoms with Crippen LogP contribution >= 0.6 is 0 Å². The lowest BCUT2D eigenvalue weighted by molar-refractivity contribution is -0.143. The molecule has 1 heterocycles. The Morgan fingerprint density at radius 2 is 2.00 bits per heavy atom. The number of carbonyl (C=O) groups is 3. The summed E-state index contributed by atoms with van der Waals surface area (Å²) in [5, 5.41) is 11.8. The number of nitrogens with zero attached hydrogens (tertiary/aromatic N) is 1. The molecule has 1 aliphatic rings. The average molecular weight is 342 g/mol. The van der Waals surface area contributed by atoms with Crippen molar-refractivity contribution in [2.24, 2.45) is 5.92 Å². The third kappa shape index (κ3) is 6.76. The zero-order chi connectivity index (χ0) is 18.3. The molecule has 1 fully saturated rings. The fourth-order valence-corrected chi connectivity index (χ4v) is 2.64. The fourth-order valence-electron chi connectivity index (χ4n) is 2.64. The summed E-state index contributed by atoms with van der Waals surface area (Å²) in [6.07, 6.45) is 2.94. The highest BCUT2D eigenvalue weighted by atomic mass is 16.6. The Balaban J connectivity index is 2.60. The van der Waals surface area contributed by atoms with Gasteiger partial charge in [0.1, 0.15) is 11.6 Å². The summed E-state index contributed by atoms with van der Waals surface area (Å²) in [5.74, 6) is -1.71. The summed E-state index contributed by atoms with van der Waals surface area (Å²) in [5.41, 5.74) is -0.582. The lowest BCUT2D eigenvalue weighted by atomic mass is 9.96. The van der Waals surface area contributed by atoms with Gasteiger partial charge in [0.05, 0.1) is 5.92 Å². The number of carboxylic acids is 1. The third-order valence-electron chi connectivity index (χ3n) is 3.90. The Hall–Kier alpha value is -1.79. The van der Waals surface area contributed by atoms with E-state index < -0.39 is 29.6 Å². The van der Waals surface area contributed by atoms with Crippen LogP contribution in [0, 0.1) is 5.92 Å². The van der Waals surface area contributed by atoms with Crippen LogP contribution < -0.4 is 5.32 Å². The highest BCUT2D eigenvalue weighted by Crippen LogP contribution is 2.20. The van der Waals surface area contributed by atoms with Crippen molar-refractivity contribution in [3.05, 3.63) is 0 Å². The predicted octanol–water partition coefficient (Wildman–Crippen LogP) is 2.39. The van der Waals surface area contributed by atoms with E-state index in [2.05, 4.69) is 5.32 Å². The Labute approximate surface area is 143 Å². The molecule has 0 aromatic carbocycles. The number of likely N-dealkylation sites (tertiary alicyclic amines) is 1. The van der Waals surface area contributed by atoms with Gasteiger partial charge in [-0.1, -0.05) is 19.8 Å². The molecular formula is C17H30N2O5. The van der Waals surface area contributed by atoms with Gasteiger partial charge in [-0.15, -0.1) is 0 Å². The van der Waals surface area contributed by atoms with Crippen LogP contribution in [0.3, 0.4) is 0 Å². The van der Waals surface area contributed by atoms with Gasteiger partial charge in [0.15, 0.2) is 0 Å². The van der Waals surface area contributed by atoms with Crippen LogP contribution in [0.2, 0.25) is 0 Å². The molecule has 7 heteroatoms. The smallest absolute Gasteiger partial charge is 0.410 e. The molecule has 0 aliphatic carbocycles. The van der Waals surface area contributed by atoms with Crippen molar-refractivity contribution in [3.63, 3.8) is 0 Å². The number of carboxylic acid groups (broad SMARTS) is 1. The van der Waals surface area contributed by atoms with Gasteiger partial charge in [0, 0.05) is 13.1 Å². The van der Waals surface area contributed by atoms with Crippen molar-refractivity contribution in [1.29, 1.82) is 0 Å². The number of hydrogen-bond acceptors (Lipinski definition) is 4. The zero-order valence-electron chi connectivity index (χ0n) is 15.1. The molecule has 2 unspecified atom stereocenters. The van der Waals surface area contributed by atoms with E-state index in [1.807, 2.05) is 6.92 Å². The first-order chi connectivity index (χ1) is 11.1. The molecule has 1 saturated heterocycles. The third-order valence-corrected chi connectivity index (χ3v) is 3.90. The Bertz CT molecular complexity index is 458. The molecule has 0 saturated carbocycles. The first-order valence-corrected chi connectivity index (χ1v) is 8.65. The number of piperidine rings is 1. The van der Waals surface area contributed by atoms with E-state index in [1.165, 1.54) is 4.90 Å². The van der Waals surface area contributed by atoms with Gasteiger partial charge in [-0.25, -0.2) is 9.59 Å². The first kappa shape index (κ1) is 20.3. The molecule has 7 nitrogen and oxygen atoms in total. The van der Waals surface area contributed by atoms with E-state index in [1.54, 1.807) is 20.8 Å². The van der Waals surface area contributed by atoms with Crippen molar-refractivity contribution in [3.8, 4) is 0 Å². The molecule has 138 valence electrons. The summed E-state index contributed by atoms with van der Waals surface area (Å²) in [6.45, 7) is 8.18. The summed E-state index contributed by atoms with van der Waals surface area (Å²) in [6, 6.07) is -0.866. The zero-order valence-corrected chi connectivity index (χ0v) is 15.1. The standard InChI is InChI=1S/C17H30N2O5/c1-5-6-9-13(15(21)22)18-14(20)12-8-7-10-19(11-12)16(23)24-17(2,3)4/h12-13H,5-11H2,1-4H3,(H,18,20)(H,21,22). The van der Waals surface area contributed by atoms with Gasteiger partial charge in [-0.2, -0.15) is 0 Å². The Kier molecular flexibility index (Phi) is 7.51. The number of nitrogens with one attached hydrogen (secondary N) is 1. The Morgan fingerprint density at radius 3 is 2.54 bits per heavy atom. The van der Waals surface area contributed by atoms with Crippen molar-refractivity contribution in [2.75, 3.05) is 13.1 Å². The normalized spacial score (nSPS) is 19.5. The molecule has 2 N–H and O–H groups in total. The Morgan fingerprint density at radius 1 is 1.33 bits per heavy atom. The minimum atomic E-state index is -1.02. The SMILES string of the molecule is CCCCC(NC(=O)C1CCCN(C(=O)OC(C)(C)C)C1)C(=O)O. The van der Waals surface area contributed by atoms with E-state index in [9.17, 15) is 19.5 Å². The van der Waals surface area contributed by atoms with Crippen molar-refractivity contribution in [1.82, 2.24) is 10.2 Å². The van der Waals surface area contributed by atoms with Crippen molar-refractivity contribution < 1.29 is 24.2 Å². The first-order valence-electron chi connectivity index (χ1n) is 8.65. The van der Waals surface area contributed by atoms with Crippen LogP contribution in [0.25, 0.3) is 0 Å². The summed E-state index contributed by atoms with van der Waals surface area (Å²) in [4.78, 5) is 37.3. The second-order valence-corrected chi connectivity index (χ2v) is 7.31. The van der Waals surface area contributed by atoms with Gasteiger partial charge < -0.3 is 20.1 Å². The molecule has 24 heavy (non-hydrogen) atoms. The minimum Gasteiger partial charge on any atom is -0.480 e. The van der Waals surface area contributed by atoms with Gasteiger partial charge in [-0.05, 0) is 40.0 Å². The van der Waals surface area contributed by atoms with E-state index in [4.69, 9.17) is 4.74 Å². The average Bonchev–Trinajstić information content (AvgIpc) is 2.49.